The summed E-state index contributed by atoms with van der Waals surface area (Å²) in [5.41, 5.74) is 4.27. The molecule has 1 aliphatic heterocycles. The third-order valence-electron chi connectivity index (χ3n) is 3.45. The predicted molar refractivity (Wildman–Crippen MR) is 74.5 cm³/mol. The van der Waals surface area contributed by atoms with Gasteiger partial charge in [-0.25, -0.2) is 0 Å². The topological polar surface area (TPSA) is 15.3 Å². The van der Waals surface area contributed by atoms with Crippen LogP contribution in [0.2, 0.25) is 0 Å². The molecule has 1 N–H and O–H groups in total. The fraction of sp³-hybridized carbons (Fsp3) is 0.467. The average molecular weight is 230 g/mol. The molecule has 0 spiro atoms. The molecule has 0 saturated heterocycles. The Bertz CT molecular complexity index is 398. The molecule has 0 bridgehead atoms. The Morgan fingerprint density at radius 1 is 1.53 bits per heavy atom. The first-order chi connectivity index (χ1) is 8.20. The van der Waals surface area contributed by atoms with Crippen LogP contribution in [-0.2, 0) is 13.0 Å². The second kappa shape index (κ2) is 5.37. The molecule has 1 aliphatic rings. The normalized spacial score (nSPS) is 15.8. The Balaban J connectivity index is 1.97. The van der Waals surface area contributed by atoms with Crippen molar-refractivity contribution >= 4 is 5.69 Å². The Morgan fingerprint density at radius 2 is 2.35 bits per heavy atom. The maximum Gasteiger partial charge on any atom is 0.0397 e. The molecule has 2 rings (SSSR count). The zero-order chi connectivity index (χ0) is 12.3. The molecule has 0 amide bonds. The van der Waals surface area contributed by atoms with Gasteiger partial charge in [0.25, 0.3) is 0 Å². The van der Waals surface area contributed by atoms with Crippen LogP contribution in [0.1, 0.15) is 24.5 Å². The SMILES string of the molecule is C=CCC(C)NCc1ccc2c(c1)CCN2C. The van der Waals surface area contributed by atoms with Gasteiger partial charge < -0.3 is 10.2 Å². The molecule has 0 aliphatic carbocycles. The zero-order valence-corrected chi connectivity index (χ0v) is 10.9. The lowest BCUT2D eigenvalue weighted by Gasteiger charge is -2.14. The summed E-state index contributed by atoms with van der Waals surface area (Å²) in [7, 11) is 2.16. The van der Waals surface area contributed by atoms with Crippen molar-refractivity contribution in [1.29, 1.82) is 0 Å². The zero-order valence-electron chi connectivity index (χ0n) is 10.9. The molecule has 1 atom stereocenters. The van der Waals surface area contributed by atoms with Gasteiger partial charge in [0.05, 0.1) is 0 Å². The molecule has 1 aromatic carbocycles. The summed E-state index contributed by atoms with van der Waals surface area (Å²) in [5, 5.41) is 3.52. The van der Waals surface area contributed by atoms with Crippen molar-refractivity contribution in [2.75, 3.05) is 18.5 Å². The minimum absolute atomic E-state index is 0.503. The van der Waals surface area contributed by atoms with E-state index >= 15 is 0 Å². The first kappa shape index (κ1) is 12.2. The van der Waals surface area contributed by atoms with Crippen LogP contribution in [0, 0.1) is 0 Å². The highest BCUT2D eigenvalue weighted by Crippen LogP contribution is 2.27. The standard InChI is InChI=1S/C15H22N2/c1-4-5-12(2)16-11-13-6-7-15-14(10-13)8-9-17(15)3/h4,6-7,10,12,16H,1,5,8-9,11H2,2-3H3. The Labute approximate surface area is 104 Å². The first-order valence-electron chi connectivity index (χ1n) is 6.38. The lowest BCUT2D eigenvalue weighted by molar-refractivity contribution is 0.554. The minimum Gasteiger partial charge on any atom is -0.374 e. The summed E-state index contributed by atoms with van der Waals surface area (Å²) < 4.78 is 0. The van der Waals surface area contributed by atoms with Crippen molar-refractivity contribution in [1.82, 2.24) is 5.32 Å². The lowest BCUT2D eigenvalue weighted by atomic mass is 10.1. The fourth-order valence-corrected chi connectivity index (χ4v) is 2.36. The van der Waals surface area contributed by atoms with Gasteiger partial charge in [0, 0.05) is 31.9 Å². The average Bonchev–Trinajstić information content (AvgIpc) is 2.69. The number of nitrogens with one attached hydrogen (secondary N) is 1. The van der Waals surface area contributed by atoms with Gasteiger partial charge in [0.2, 0.25) is 0 Å². The molecule has 17 heavy (non-hydrogen) atoms. The summed E-state index contributed by atoms with van der Waals surface area (Å²) in [6, 6.07) is 7.32. The van der Waals surface area contributed by atoms with Crippen molar-refractivity contribution in [3.8, 4) is 0 Å². The van der Waals surface area contributed by atoms with E-state index in [4.69, 9.17) is 0 Å². The fourth-order valence-electron chi connectivity index (χ4n) is 2.36. The van der Waals surface area contributed by atoms with Gasteiger partial charge in [0.15, 0.2) is 0 Å². The van der Waals surface area contributed by atoms with Crippen LogP contribution in [0.25, 0.3) is 0 Å². The van der Waals surface area contributed by atoms with E-state index in [0.717, 1.165) is 19.5 Å². The molecule has 0 radical (unpaired) electrons. The largest absolute Gasteiger partial charge is 0.374 e. The van der Waals surface area contributed by atoms with Crippen molar-refractivity contribution in [2.24, 2.45) is 0 Å². The number of fused-ring (bicyclic) bond motifs is 1. The van der Waals surface area contributed by atoms with Crippen molar-refractivity contribution in [3.05, 3.63) is 42.0 Å². The third kappa shape index (κ3) is 2.89. The number of rotatable bonds is 5. The number of hydrogen-bond acceptors (Lipinski definition) is 2. The maximum atomic E-state index is 3.77. The van der Waals surface area contributed by atoms with Crippen LogP contribution in [-0.4, -0.2) is 19.6 Å². The molecule has 0 aromatic heterocycles. The van der Waals surface area contributed by atoms with Crippen LogP contribution >= 0.6 is 0 Å². The van der Waals surface area contributed by atoms with Crippen molar-refractivity contribution in [3.63, 3.8) is 0 Å². The highest BCUT2D eigenvalue weighted by molar-refractivity contribution is 5.58. The molecular formula is C15H22N2. The maximum absolute atomic E-state index is 3.77. The lowest BCUT2D eigenvalue weighted by Crippen LogP contribution is -2.24. The van der Waals surface area contributed by atoms with E-state index in [-0.39, 0.29) is 0 Å². The van der Waals surface area contributed by atoms with Gasteiger partial charge in [0.1, 0.15) is 0 Å². The molecule has 2 heteroatoms. The van der Waals surface area contributed by atoms with Gasteiger partial charge in [-0.3, -0.25) is 0 Å². The van der Waals surface area contributed by atoms with Crippen molar-refractivity contribution in [2.45, 2.75) is 32.4 Å². The van der Waals surface area contributed by atoms with E-state index in [1.165, 1.54) is 23.2 Å². The van der Waals surface area contributed by atoms with Gasteiger partial charge >= 0.3 is 0 Å². The second-order valence-electron chi connectivity index (χ2n) is 4.94. The number of likely N-dealkylation sites (N-methyl/N-ethyl adjacent to an activating group) is 1. The van der Waals surface area contributed by atoms with E-state index < -0.39 is 0 Å². The highest BCUT2D eigenvalue weighted by Gasteiger charge is 2.15. The minimum atomic E-state index is 0.503. The Hall–Kier alpha value is -1.28. The third-order valence-corrected chi connectivity index (χ3v) is 3.45. The summed E-state index contributed by atoms with van der Waals surface area (Å²) in [4.78, 5) is 2.33. The highest BCUT2D eigenvalue weighted by atomic mass is 15.1. The Morgan fingerprint density at radius 3 is 3.12 bits per heavy atom. The second-order valence-corrected chi connectivity index (χ2v) is 4.94. The van der Waals surface area contributed by atoms with E-state index in [1.807, 2.05) is 6.08 Å². The van der Waals surface area contributed by atoms with Gasteiger partial charge in [-0.1, -0.05) is 18.2 Å². The predicted octanol–water partition coefficient (Wildman–Crippen LogP) is 2.73. The summed E-state index contributed by atoms with van der Waals surface area (Å²) >= 11 is 0. The molecule has 0 fully saturated rings. The molecule has 1 heterocycles. The molecule has 2 nitrogen and oxygen atoms in total. The summed E-state index contributed by atoms with van der Waals surface area (Å²) in [5.74, 6) is 0. The van der Waals surface area contributed by atoms with E-state index in [2.05, 4.69) is 49.0 Å². The molecule has 1 aromatic rings. The van der Waals surface area contributed by atoms with Crippen LogP contribution in [0.5, 0.6) is 0 Å². The van der Waals surface area contributed by atoms with Crippen molar-refractivity contribution < 1.29 is 0 Å². The monoisotopic (exact) mass is 230 g/mol. The number of hydrogen-bond donors (Lipinski definition) is 1. The summed E-state index contributed by atoms with van der Waals surface area (Å²) in [6.45, 7) is 8.07. The van der Waals surface area contributed by atoms with Gasteiger partial charge in [-0.05, 0) is 37.0 Å². The van der Waals surface area contributed by atoms with Crippen LogP contribution in [0.15, 0.2) is 30.9 Å². The number of anilines is 1. The van der Waals surface area contributed by atoms with E-state index in [0.29, 0.717) is 6.04 Å². The van der Waals surface area contributed by atoms with Gasteiger partial charge in [-0.15, -0.1) is 6.58 Å². The molecular weight excluding hydrogens is 208 g/mol. The number of nitrogens with zero attached hydrogens (tertiary/aromatic N) is 1. The molecule has 92 valence electrons. The van der Waals surface area contributed by atoms with Crippen LogP contribution < -0.4 is 10.2 Å². The van der Waals surface area contributed by atoms with Crippen LogP contribution in [0.3, 0.4) is 0 Å². The smallest absolute Gasteiger partial charge is 0.0397 e. The quantitative estimate of drug-likeness (QED) is 0.782. The van der Waals surface area contributed by atoms with E-state index in [1.54, 1.807) is 0 Å². The first-order valence-corrected chi connectivity index (χ1v) is 6.38. The summed E-state index contributed by atoms with van der Waals surface area (Å²) in [6.07, 6.45) is 4.17. The molecule has 1 unspecified atom stereocenters. The van der Waals surface area contributed by atoms with Gasteiger partial charge in [-0.2, -0.15) is 0 Å². The Kier molecular flexibility index (Phi) is 3.85. The molecule has 0 saturated carbocycles. The van der Waals surface area contributed by atoms with E-state index in [9.17, 15) is 0 Å². The van der Waals surface area contributed by atoms with Crippen LogP contribution in [0.4, 0.5) is 5.69 Å². The number of benzene rings is 1.